The Morgan fingerprint density at radius 1 is 1.24 bits per heavy atom. The third-order valence-electron chi connectivity index (χ3n) is 6.01. The maximum Gasteiger partial charge on any atom is 0.336 e. The molecule has 0 bridgehead atoms. The van der Waals surface area contributed by atoms with Crippen LogP contribution >= 0.6 is 22.9 Å². The summed E-state index contributed by atoms with van der Waals surface area (Å²) in [4.78, 5) is 35.8. The quantitative estimate of drug-likeness (QED) is 0.295. The number of hydrogen-bond acceptors (Lipinski definition) is 7. The second kappa shape index (κ2) is 9.62. The minimum atomic E-state index is -2.90. The average Bonchev–Trinajstić information content (AvgIpc) is 3.47. The number of nitriles is 1. The van der Waals surface area contributed by atoms with Gasteiger partial charge in [-0.1, -0.05) is 11.6 Å². The molecule has 5 rings (SSSR count). The number of methoxy groups -OCH3 is 1. The summed E-state index contributed by atoms with van der Waals surface area (Å²) in [5.41, 5.74) is -0.759. The van der Waals surface area contributed by atoms with Gasteiger partial charge in [0.25, 0.3) is 12.0 Å². The van der Waals surface area contributed by atoms with Crippen molar-refractivity contribution in [3.05, 3.63) is 68.1 Å². The van der Waals surface area contributed by atoms with Crippen molar-refractivity contribution in [2.75, 3.05) is 7.11 Å². The molecule has 9 nitrogen and oxygen atoms in total. The number of rotatable bonds is 6. The first kappa shape index (κ1) is 25.5. The molecule has 38 heavy (non-hydrogen) atoms. The highest BCUT2D eigenvalue weighted by Gasteiger charge is 2.24. The molecule has 0 spiro atoms. The lowest BCUT2D eigenvalue weighted by molar-refractivity contribution is 0.137. The predicted octanol–water partition coefficient (Wildman–Crippen LogP) is 4.81. The Morgan fingerprint density at radius 3 is 2.68 bits per heavy atom. The Labute approximate surface area is 220 Å². The van der Waals surface area contributed by atoms with Gasteiger partial charge < -0.3 is 9.30 Å². The SMILES string of the molecule is COc1cc(-c2cc3c(s2)c(=O)n(-c2cncc4nc(C(F)F)n(C)c24)c(=O)n3CCC#N)c(Cl)cc1F. The minimum Gasteiger partial charge on any atom is -0.494 e. The lowest BCUT2D eigenvalue weighted by Gasteiger charge is -2.12. The van der Waals surface area contributed by atoms with Gasteiger partial charge in [-0.05, 0) is 18.2 Å². The Kier molecular flexibility index (Phi) is 6.46. The number of ether oxygens (including phenoxy) is 1. The zero-order valence-corrected chi connectivity index (χ0v) is 21.3. The van der Waals surface area contributed by atoms with Gasteiger partial charge in [0.15, 0.2) is 17.4 Å². The van der Waals surface area contributed by atoms with Crippen molar-refractivity contribution in [2.45, 2.75) is 19.4 Å². The molecule has 194 valence electrons. The normalized spacial score (nSPS) is 11.5. The van der Waals surface area contributed by atoms with Crippen LogP contribution in [-0.2, 0) is 13.6 Å². The van der Waals surface area contributed by atoms with Gasteiger partial charge in [-0.2, -0.15) is 5.26 Å². The van der Waals surface area contributed by atoms with E-state index < -0.39 is 29.3 Å². The number of hydrogen-bond donors (Lipinski definition) is 0. The molecular formula is C24H16ClF3N6O3S. The summed E-state index contributed by atoms with van der Waals surface area (Å²) in [6.07, 6.45) is -0.467. The number of thiophene rings is 1. The molecule has 0 aliphatic heterocycles. The summed E-state index contributed by atoms with van der Waals surface area (Å²) in [5, 5.41) is 9.24. The average molecular weight is 561 g/mol. The van der Waals surface area contributed by atoms with Gasteiger partial charge >= 0.3 is 5.69 Å². The molecule has 1 aromatic carbocycles. The second-order valence-electron chi connectivity index (χ2n) is 8.13. The van der Waals surface area contributed by atoms with Crippen LogP contribution in [0.4, 0.5) is 13.2 Å². The first-order chi connectivity index (χ1) is 18.2. The number of aromatic nitrogens is 5. The highest BCUT2D eigenvalue weighted by atomic mass is 35.5. The number of nitrogens with zero attached hydrogens (tertiary/aromatic N) is 6. The number of pyridine rings is 1. The first-order valence-corrected chi connectivity index (χ1v) is 12.2. The van der Waals surface area contributed by atoms with Crippen LogP contribution < -0.4 is 16.0 Å². The van der Waals surface area contributed by atoms with E-state index in [9.17, 15) is 28.0 Å². The van der Waals surface area contributed by atoms with Crippen LogP contribution in [0.15, 0.2) is 40.2 Å². The first-order valence-electron chi connectivity index (χ1n) is 11.0. The van der Waals surface area contributed by atoms with Crippen LogP contribution in [0.25, 0.3) is 37.4 Å². The van der Waals surface area contributed by atoms with Crippen molar-refractivity contribution < 1.29 is 17.9 Å². The smallest absolute Gasteiger partial charge is 0.336 e. The van der Waals surface area contributed by atoms with Crippen LogP contribution in [0.2, 0.25) is 5.02 Å². The predicted molar refractivity (Wildman–Crippen MR) is 136 cm³/mol. The fourth-order valence-electron chi connectivity index (χ4n) is 4.27. The monoisotopic (exact) mass is 560 g/mol. The van der Waals surface area contributed by atoms with E-state index in [0.717, 1.165) is 26.5 Å². The zero-order chi connectivity index (χ0) is 27.3. The van der Waals surface area contributed by atoms with Crippen LogP contribution in [0.3, 0.4) is 0 Å². The van der Waals surface area contributed by atoms with Gasteiger partial charge in [-0.15, -0.1) is 11.3 Å². The van der Waals surface area contributed by atoms with E-state index in [1.807, 2.05) is 6.07 Å². The summed E-state index contributed by atoms with van der Waals surface area (Å²) in [6, 6.07) is 5.99. The van der Waals surface area contributed by atoms with E-state index in [1.165, 1.54) is 37.2 Å². The third kappa shape index (κ3) is 3.93. The molecule has 0 aliphatic rings. The van der Waals surface area contributed by atoms with E-state index in [1.54, 1.807) is 6.07 Å². The Balaban J connectivity index is 1.85. The van der Waals surface area contributed by atoms with Gasteiger partial charge in [0.1, 0.15) is 10.2 Å². The van der Waals surface area contributed by atoms with E-state index >= 15 is 0 Å². The highest BCUT2D eigenvalue weighted by Crippen LogP contribution is 2.39. The molecule has 0 radical (unpaired) electrons. The maximum atomic E-state index is 14.1. The van der Waals surface area contributed by atoms with Crippen molar-refractivity contribution in [3.63, 3.8) is 0 Å². The molecule has 5 aromatic rings. The Hall–Kier alpha value is -4.15. The summed E-state index contributed by atoms with van der Waals surface area (Å²) in [6.45, 7) is -0.0557. The van der Waals surface area contributed by atoms with Crippen molar-refractivity contribution in [2.24, 2.45) is 7.05 Å². The number of aryl methyl sites for hydroxylation is 2. The number of halogens is 4. The van der Waals surface area contributed by atoms with Gasteiger partial charge in [-0.25, -0.2) is 27.5 Å². The lowest BCUT2D eigenvalue weighted by atomic mass is 10.1. The van der Waals surface area contributed by atoms with Gasteiger partial charge in [0.2, 0.25) is 0 Å². The van der Waals surface area contributed by atoms with Crippen molar-refractivity contribution in [3.8, 4) is 27.9 Å². The van der Waals surface area contributed by atoms with Gasteiger partial charge in [0, 0.05) is 24.0 Å². The molecule has 0 atom stereocenters. The van der Waals surface area contributed by atoms with Gasteiger partial charge in [-0.3, -0.25) is 14.3 Å². The van der Waals surface area contributed by atoms with Crippen LogP contribution in [-0.4, -0.2) is 30.8 Å². The molecule has 0 fully saturated rings. The van der Waals surface area contributed by atoms with Crippen LogP contribution in [0.1, 0.15) is 18.7 Å². The molecule has 0 saturated heterocycles. The standard InChI is InChI=1S/C24H16ClF3N6O3S/c1-32-19-14(31-22(32)21(27)28)9-30-10-16(19)34-23(35)20-15(33(24(34)36)5-3-4-29)8-18(38-20)11-6-17(37-2)13(26)7-12(11)25/h6-10,21H,3,5H2,1-2H3. The Morgan fingerprint density at radius 2 is 2.00 bits per heavy atom. The van der Waals surface area contributed by atoms with Crippen molar-refractivity contribution in [1.29, 1.82) is 5.26 Å². The fraction of sp³-hybridized carbons (Fsp3) is 0.208. The number of benzene rings is 1. The molecule has 4 aromatic heterocycles. The zero-order valence-electron chi connectivity index (χ0n) is 19.7. The van der Waals surface area contributed by atoms with Crippen LogP contribution in [0.5, 0.6) is 5.75 Å². The fourth-order valence-corrected chi connectivity index (χ4v) is 5.70. The van der Waals surface area contributed by atoms with Crippen molar-refractivity contribution in [1.82, 2.24) is 23.7 Å². The summed E-state index contributed by atoms with van der Waals surface area (Å²) in [5.74, 6) is -1.29. The number of imidazole rings is 1. The highest BCUT2D eigenvalue weighted by molar-refractivity contribution is 7.22. The largest absolute Gasteiger partial charge is 0.494 e. The second-order valence-corrected chi connectivity index (χ2v) is 9.59. The molecule has 14 heteroatoms. The molecule has 0 N–H and O–H groups in total. The topological polar surface area (TPSA) is 108 Å². The number of fused-ring (bicyclic) bond motifs is 2. The van der Waals surface area contributed by atoms with E-state index in [0.29, 0.717) is 10.4 Å². The molecule has 0 unspecified atom stereocenters. The van der Waals surface area contributed by atoms with Crippen molar-refractivity contribution >= 4 is 44.2 Å². The summed E-state index contributed by atoms with van der Waals surface area (Å²) >= 11 is 7.29. The van der Waals surface area contributed by atoms with E-state index in [4.69, 9.17) is 16.3 Å². The molecule has 0 aliphatic carbocycles. The maximum absolute atomic E-state index is 14.1. The van der Waals surface area contributed by atoms with Crippen LogP contribution in [0, 0.1) is 17.1 Å². The lowest BCUT2D eigenvalue weighted by Crippen LogP contribution is -2.38. The van der Waals surface area contributed by atoms with E-state index in [-0.39, 0.29) is 50.7 Å². The molecule has 0 saturated carbocycles. The third-order valence-corrected chi connectivity index (χ3v) is 7.46. The minimum absolute atomic E-state index is 0.0385. The summed E-state index contributed by atoms with van der Waals surface area (Å²) < 4.78 is 49.6. The molecule has 0 amide bonds. The van der Waals surface area contributed by atoms with E-state index in [2.05, 4.69) is 9.97 Å². The van der Waals surface area contributed by atoms with Gasteiger partial charge in [0.05, 0.1) is 53.7 Å². The number of alkyl halides is 2. The summed E-state index contributed by atoms with van der Waals surface area (Å²) in [7, 11) is 2.65. The Bertz CT molecular complexity index is 1900. The molecular weight excluding hydrogens is 545 g/mol. The molecule has 4 heterocycles.